The van der Waals surface area contributed by atoms with Gasteiger partial charge in [0.15, 0.2) is 0 Å². The fourth-order valence-electron chi connectivity index (χ4n) is 1.17. The van der Waals surface area contributed by atoms with Gasteiger partial charge < -0.3 is 9.15 Å². The Morgan fingerprint density at radius 2 is 2.43 bits per heavy atom. The fraction of sp³-hybridized carbons (Fsp3) is 0.300. The highest BCUT2D eigenvalue weighted by Crippen LogP contribution is 2.30. The zero-order valence-electron chi connectivity index (χ0n) is 8.11. The summed E-state index contributed by atoms with van der Waals surface area (Å²) in [7, 11) is 0. The Balaban J connectivity index is 2.29. The summed E-state index contributed by atoms with van der Waals surface area (Å²) < 4.78 is 10.6. The van der Waals surface area contributed by atoms with Crippen LogP contribution in [0.5, 0.6) is 5.95 Å². The average molecular weight is 209 g/mol. The number of aryl methyl sites for hydroxylation is 1. The molecule has 0 bridgehead atoms. The number of hydrogen-bond acceptors (Lipinski definition) is 4. The molecule has 0 aromatic carbocycles. The van der Waals surface area contributed by atoms with Crippen molar-refractivity contribution in [3.05, 3.63) is 23.2 Å². The Morgan fingerprint density at radius 1 is 1.57 bits per heavy atom. The van der Waals surface area contributed by atoms with Crippen LogP contribution in [0.3, 0.4) is 0 Å². The lowest BCUT2D eigenvalue weighted by molar-refractivity contribution is 0.260. The number of ether oxygens (including phenoxy) is 1. The molecule has 14 heavy (non-hydrogen) atoms. The van der Waals surface area contributed by atoms with Crippen molar-refractivity contribution < 1.29 is 9.15 Å². The van der Waals surface area contributed by atoms with Gasteiger partial charge in [0.25, 0.3) is 0 Å². The van der Waals surface area contributed by atoms with E-state index < -0.39 is 0 Å². The maximum absolute atomic E-state index is 5.43. The number of thiophene rings is 1. The standard InChI is InChI=1S/C10H11NO2S/c1-3-12-8-6-11-10(13-8)9-7(2)4-5-14-9/h4-6H,3H2,1-2H3. The Kier molecular flexibility index (Phi) is 2.54. The van der Waals surface area contributed by atoms with E-state index in [1.165, 1.54) is 5.56 Å². The molecule has 0 N–H and O–H groups in total. The molecule has 2 rings (SSSR count). The van der Waals surface area contributed by atoms with Crippen molar-refractivity contribution >= 4 is 11.3 Å². The normalized spacial score (nSPS) is 10.4. The van der Waals surface area contributed by atoms with Crippen LogP contribution in [0, 0.1) is 6.92 Å². The molecule has 0 aliphatic rings. The van der Waals surface area contributed by atoms with Gasteiger partial charge in [-0.3, -0.25) is 0 Å². The molecule has 0 atom stereocenters. The smallest absolute Gasteiger partial charge is 0.305 e. The highest BCUT2D eigenvalue weighted by atomic mass is 32.1. The van der Waals surface area contributed by atoms with Crippen LogP contribution in [0.1, 0.15) is 12.5 Å². The van der Waals surface area contributed by atoms with Crippen molar-refractivity contribution in [2.75, 3.05) is 6.61 Å². The van der Waals surface area contributed by atoms with Crippen LogP contribution in [0.15, 0.2) is 22.1 Å². The van der Waals surface area contributed by atoms with E-state index in [1.54, 1.807) is 17.5 Å². The predicted molar refractivity (Wildman–Crippen MR) is 55.7 cm³/mol. The molecule has 4 heteroatoms. The molecule has 2 aromatic rings. The predicted octanol–water partition coefficient (Wildman–Crippen LogP) is 3.11. The number of oxazole rings is 1. The molecule has 0 aliphatic carbocycles. The van der Waals surface area contributed by atoms with Crippen LogP contribution >= 0.6 is 11.3 Å². The summed E-state index contributed by atoms with van der Waals surface area (Å²) in [5.41, 5.74) is 1.18. The first-order valence-corrected chi connectivity index (χ1v) is 5.32. The highest BCUT2D eigenvalue weighted by Gasteiger charge is 2.10. The van der Waals surface area contributed by atoms with E-state index in [1.807, 2.05) is 25.3 Å². The molecule has 0 amide bonds. The van der Waals surface area contributed by atoms with Crippen molar-refractivity contribution in [1.29, 1.82) is 0 Å². The Hall–Kier alpha value is -1.29. The number of rotatable bonds is 3. The van der Waals surface area contributed by atoms with Crippen molar-refractivity contribution in [2.45, 2.75) is 13.8 Å². The summed E-state index contributed by atoms with van der Waals surface area (Å²) in [6.45, 7) is 4.55. The van der Waals surface area contributed by atoms with E-state index in [2.05, 4.69) is 4.98 Å². The third kappa shape index (κ3) is 1.65. The van der Waals surface area contributed by atoms with E-state index in [9.17, 15) is 0 Å². The first kappa shape index (κ1) is 9.27. The molecule has 0 saturated carbocycles. The minimum atomic E-state index is 0.482. The van der Waals surface area contributed by atoms with Crippen molar-refractivity contribution in [3.8, 4) is 16.7 Å². The van der Waals surface area contributed by atoms with Crippen molar-refractivity contribution in [2.24, 2.45) is 0 Å². The Labute approximate surface area is 86.4 Å². The quantitative estimate of drug-likeness (QED) is 0.779. The maximum atomic E-state index is 5.43. The molecule has 0 spiro atoms. The molecule has 0 aliphatic heterocycles. The van der Waals surface area contributed by atoms with Gasteiger partial charge in [0.2, 0.25) is 5.89 Å². The van der Waals surface area contributed by atoms with Gasteiger partial charge in [0.05, 0.1) is 11.5 Å². The largest absolute Gasteiger partial charge is 0.464 e. The van der Waals surface area contributed by atoms with Crippen molar-refractivity contribution in [1.82, 2.24) is 4.98 Å². The minimum absolute atomic E-state index is 0.482. The number of nitrogens with zero attached hydrogens (tertiary/aromatic N) is 1. The molecular formula is C10H11NO2S. The first-order chi connectivity index (χ1) is 6.81. The summed E-state index contributed by atoms with van der Waals surface area (Å²) >= 11 is 1.62. The van der Waals surface area contributed by atoms with E-state index >= 15 is 0 Å². The maximum Gasteiger partial charge on any atom is 0.305 e. The van der Waals surface area contributed by atoms with Gasteiger partial charge in [-0.2, -0.15) is 0 Å². The third-order valence-corrected chi connectivity index (χ3v) is 2.83. The monoisotopic (exact) mass is 209 g/mol. The fourth-order valence-corrected chi connectivity index (χ4v) is 2.02. The molecule has 2 aromatic heterocycles. The van der Waals surface area contributed by atoms with Gasteiger partial charge >= 0.3 is 5.95 Å². The highest BCUT2D eigenvalue weighted by molar-refractivity contribution is 7.13. The van der Waals surface area contributed by atoms with Crippen LogP contribution < -0.4 is 4.74 Å². The minimum Gasteiger partial charge on any atom is -0.464 e. The second-order valence-corrected chi connectivity index (χ2v) is 3.77. The summed E-state index contributed by atoms with van der Waals surface area (Å²) in [6, 6.07) is 2.05. The number of hydrogen-bond donors (Lipinski definition) is 0. The lowest BCUT2D eigenvalue weighted by Gasteiger charge is -1.94. The van der Waals surface area contributed by atoms with Crippen LogP contribution in [-0.2, 0) is 0 Å². The van der Waals surface area contributed by atoms with Gasteiger partial charge in [-0.25, -0.2) is 4.98 Å². The zero-order valence-corrected chi connectivity index (χ0v) is 8.93. The van der Waals surface area contributed by atoms with Gasteiger partial charge in [-0.15, -0.1) is 11.3 Å². The average Bonchev–Trinajstić information content (AvgIpc) is 2.74. The summed E-state index contributed by atoms with van der Waals surface area (Å²) in [5, 5.41) is 2.02. The van der Waals surface area contributed by atoms with Gasteiger partial charge in [0.1, 0.15) is 6.20 Å². The van der Waals surface area contributed by atoms with Crippen LogP contribution in [0.2, 0.25) is 0 Å². The Bertz CT molecular complexity index is 419. The van der Waals surface area contributed by atoms with Crippen molar-refractivity contribution in [3.63, 3.8) is 0 Å². The topological polar surface area (TPSA) is 35.3 Å². The zero-order chi connectivity index (χ0) is 9.97. The third-order valence-electron chi connectivity index (χ3n) is 1.83. The second kappa shape index (κ2) is 3.84. The van der Waals surface area contributed by atoms with E-state index in [4.69, 9.17) is 9.15 Å². The lowest BCUT2D eigenvalue weighted by Crippen LogP contribution is -1.87. The summed E-state index contributed by atoms with van der Waals surface area (Å²) in [6.07, 6.45) is 1.61. The van der Waals surface area contributed by atoms with E-state index in [0.29, 0.717) is 18.4 Å². The lowest BCUT2D eigenvalue weighted by atomic mass is 10.3. The van der Waals surface area contributed by atoms with E-state index in [0.717, 1.165) is 4.88 Å². The van der Waals surface area contributed by atoms with Gasteiger partial charge in [-0.05, 0) is 30.9 Å². The summed E-state index contributed by atoms with van der Waals surface area (Å²) in [4.78, 5) is 5.22. The molecule has 0 radical (unpaired) electrons. The Morgan fingerprint density at radius 3 is 3.07 bits per heavy atom. The number of aromatic nitrogens is 1. The first-order valence-electron chi connectivity index (χ1n) is 4.44. The van der Waals surface area contributed by atoms with Gasteiger partial charge in [0, 0.05) is 0 Å². The molecule has 3 nitrogen and oxygen atoms in total. The van der Waals surface area contributed by atoms with Crippen LogP contribution in [0.25, 0.3) is 10.8 Å². The second-order valence-electron chi connectivity index (χ2n) is 2.85. The molecular weight excluding hydrogens is 198 g/mol. The molecule has 74 valence electrons. The molecule has 2 heterocycles. The van der Waals surface area contributed by atoms with E-state index in [-0.39, 0.29) is 0 Å². The van der Waals surface area contributed by atoms with Gasteiger partial charge in [-0.1, -0.05) is 0 Å². The molecule has 0 fully saturated rings. The van der Waals surface area contributed by atoms with Crippen LogP contribution in [-0.4, -0.2) is 11.6 Å². The molecule has 0 unspecified atom stereocenters. The molecule has 0 saturated heterocycles. The van der Waals surface area contributed by atoms with Crippen LogP contribution in [0.4, 0.5) is 0 Å². The summed E-state index contributed by atoms with van der Waals surface area (Å²) in [5.74, 6) is 1.12. The SMILES string of the molecule is CCOc1cnc(-c2sccc2C)o1.